The predicted octanol–water partition coefficient (Wildman–Crippen LogP) is 5.19. The second-order valence-electron chi connectivity index (χ2n) is 1.51. The molecule has 15 heavy (non-hydrogen) atoms. The minimum absolute atomic E-state index is 0.958. The molecule has 0 nitrogen and oxygen atoms in total. The Morgan fingerprint density at radius 2 is 0.867 bits per heavy atom. The maximum absolute atomic E-state index is 11.6. The van der Waals surface area contributed by atoms with Crippen LogP contribution in [0, 0.1) is 0 Å². The zero-order valence-corrected chi connectivity index (χ0v) is 7.46. The van der Waals surface area contributed by atoms with Gasteiger partial charge in [-0.1, -0.05) is 0 Å². The van der Waals surface area contributed by atoms with Gasteiger partial charge in [0.1, 0.15) is 0 Å². The summed E-state index contributed by atoms with van der Waals surface area (Å²) < 4.78 is 87.9. The van der Waals surface area contributed by atoms with Crippen molar-refractivity contribution in [3.8, 4) is 0 Å². The summed E-state index contributed by atoms with van der Waals surface area (Å²) in [6.45, 7) is 2.22. The van der Waals surface area contributed by atoms with E-state index in [-0.39, 0.29) is 0 Å². The standard InChI is InChI=1S/C4F6S.C2H2F2/c5-1(6)3(9)11-4(10)2(7)8;1-2(3)4/h;1H2. The first-order valence-corrected chi connectivity index (χ1v) is 3.59. The SMILES string of the molecule is C=C(F)F.FC(F)=C(F)SC(F)=C(F)F. The van der Waals surface area contributed by atoms with Crippen LogP contribution in [0.2, 0.25) is 0 Å². The molecule has 0 aromatic rings. The first-order valence-electron chi connectivity index (χ1n) is 2.77. The van der Waals surface area contributed by atoms with Crippen molar-refractivity contribution >= 4 is 11.8 Å². The molecule has 0 bridgehead atoms. The van der Waals surface area contributed by atoms with Crippen molar-refractivity contribution < 1.29 is 35.1 Å². The Labute approximate surface area is 82.9 Å². The third-order valence-corrected chi connectivity index (χ3v) is 1.14. The molecule has 0 aromatic carbocycles. The highest BCUT2D eigenvalue weighted by Crippen LogP contribution is 2.33. The maximum Gasteiger partial charge on any atom is 0.312 e. The van der Waals surface area contributed by atoms with E-state index in [1.165, 1.54) is 0 Å². The quantitative estimate of drug-likeness (QED) is 0.614. The van der Waals surface area contributed by atoms with Crippen molar-refractivity contribution in [2.75, 3.05) is 0 Å². The summed E-state index contributed by atoms with van der Waals surface area (Å²) in [5, 5.41) is -4.54. The van der Waals surface area contributed by atoms with Gasteiger partial charge < -0.3 is 0 Å². The van der Waals surface area contributed by atoms with Crippen molar-refractivity contribution in [1.82, 2.24) is 0 Å². The molecule has 0 spiro atoms. The van der Waals surface area contributed by atoms with Crippen molar-refractivity contribution in [3.05, 3.63) is 35.1 Å². The molecule has 0 aliphatic carbocycles. The molecule has 9 heteroatoms. The molecule has 0 saturated heterocycles. The fraction of sp³-hybridized carbons (Fsp3) is 0. The monoisotopic (exact) mass is 258 g/mol. The van der Waals surface area contributed by atoms with Crippen molar-refractivity contribution in [3.63, 3.8) is 0 Å². The Morgan fingerprint density at radius 3 is 1.00 bits per heavy atom. The lowest BCUT2D eigenvalue weighted by Gasteiger charge is -1.90. The van der Waals surface area contributed by atoms with Crippen LogP contribution in [0.1, 0.15) is 0 Å². The van der Waals surface area contributed by atoms with E-state index >= 15 is 0 Å². The summed E-state index contributed by atoms with van der Waals surface area (Å²) in [6.07, 6.45) is -7.49. The number of hydrogen-bond acceptors (Lipinski definition) is 1. The summed E-state index contributed by atoms with van der Waals surface area (Å²) in [6, 6.07) is 0. The normalized spacial score (nSPS) is 8.53. The van der Waals surface area contributed by atoms with Crippen LogP contribution in [-0.2, 0) is 0 Å². The Morgan fingerprint density at radius 1 is 0.667 bits per heavy atom. The van der Waals surface area contributed by atoms with Crippen molar-refractivity contribution in [2.24, 2.45) is 0 Å². The molecule has 0 N–H and O–H groups in total. The van der Waals surface area contributed by atoms with Crippen LogP contribution in [0.3, 0.4) is 0 Å². The molecular formula is C6H2F8S. The number of halogens is 8. The molecular weight excluding hydrogens is 256 g/mol. The van der Waals surface area contributed by atoms with Gasteiger partial charge in [-0.2, -0.15) is 35.1 Å². The summed E-state index contributed by atoms with van der Waals surface area (Å²) in [4.78, 5) is 0. The third kappa shape index (κ3) is 13.0. The van der Waals surface area contributed by atoms with Crippen LogP contribution in [0.25, 0.3) is 0 Å². The molecule has 0 amide bonds. The first kappa shape index (κ1) is 16.4. The number of hydrogen-bond donors (Lipinski definition) is 0. The van der Waals surface area contributed by atoms with Crippen molar-refractivity contribution in [1.29, 1.82) is 0 Å². The predicted molar refractivity (Wildman–Crippen MR) is 39.6 cm³/mol. The molecule has 88 valence electrons. The second kappa shape index (κ2) is 8.33. The maximum atomic E-state index is 11.6. The topological polar surface area (TPSA) is 0 Å². The largest absolute Gasteiger partial charge is 0.312 e. The highest BCUT2D eigenvalue weighted by Gasteiger charge is 2.13. The van der Waals surface area contributed by atoms with Gasteiger partial charge in [0, 0.05) is 0 Å². The molecule has 0 heterocycles. The zero-order valence-electron chi connectivity index (χ0n) is 6.64. The van der Waals surface area contributed by atoms with E-state index in [1.54, 1.807) is 0 Å². The van der Waals surface area contributed by atoms with Crippen LogP contribution in [0.5, 0.6) is 0 Å². The van der Waals surface area contributed by atoms with Crippen LogP contribution in [-0.4, -0.2) is 0 Å². The van der Waals surface area contributed by atoms with E-state index in [0.29, 0.717) is 0 Å². The second-order valence-corrected chi connectivity index (χ2v) is 2.43. The Balaban J connectivity index is 0. The van der Waals surface area contributed by atoms with Gasteiger partial charge in [0.05, 0.1) is 0 Å². The summed E-state index contributed by atoms with van der Waals surface area (Å²) in [7, 11) is 0. The van der Waals surface area contributed by atoms with Gasteiger partial charge in [0.25, 0.3) is 6.08 Å². The average Bonchev–Trinajstić information content (AvgIpc) is 2.02. The Kier molecular flexibility index (Phi) is 9.13. The van der Waals surface area contributed by atoms with Gasteiger partial charge in [-0.3, -0.25) is 0 Å². The third-order valence-electron chi connectivity index (χ3n) is 0.476. The fourth-order valence-corrected chi connectivity index (χ4v) is 0.467. The summed E-state index contributed by atoms with van der Waals surface area (Å²) in [5.41, 5.74) is 0. The average molecular weight is 258 g/mol. The van der Waals surface area contributed by atoms with Crippen LogP contribution in [0.4, 0.5) is 35.1 Å². The number of rotatable bonds is 2. The van der Waals surface area contributed by atoms with Crippen LogP contribution >= 0.6 is 11.8 Å². The molecule has 0 saturated carbocycles. The van der Waals surface area contributed by atoms with Gasteiger partial charge in [-0.25, -0.2) is 0 Å². The summed E-state index contributed by atoms with van der Waals surface area (Å²) >= 11 is -0.958. The lowest BCUT2D eigenvalue weighted by Crippen LogP contribution is -1.71. The fourth-order valence-electron chi connectivity index (χ4n) is 0.156. The minimum Gasteiger partial charge on any atom is -0.193 e. The molecule has 0 unspecified atom stereocenters. The minimum atomic E-state index is -2.83. The van der Waals surface area contributed by atoms with Gasteiger partial charge in [-0.15, -0.1) is 0 Å². The highest BCUT2D eigenvalue weighted by atomic mass is 32.2. The lowest BCUT2D eigenvalue weighted by molar-refractivity contribution is 0.390. The van der Waals surface area contributed by atoms with E-state index in [9.17, 15) is 35.1 Å². The van der Waals surface area contributed by atoms with Crippen LogP contribution in [0.15, 0.2) is 35.1 Å². The highest BCUT2D eigenvalue weighted by molar-refractivity contribution is 8.06. The molecule has 0 fully saturated rings. The molecule has 0 atom stereocenters. The molecule has 0 radical (unpaired) electrons. The number of thioether (sulfide) groups is 1. The van der Waals surface area contributed by atoms with E-state index in [0.717, 1.165) is 0 Å². The lowest BCUT2D eigenvalue weighted by atomic mass is 11.1. The van der Waals surface area contributed by atoms with Gasteiger partial charge in [0.2, 0.25) is 10.3 Å². The van der Waals surface area contributed by atoms with Crippen molar-refractivity contribution in [2.45, 2.75) is 0 Å². The van der Waals surface area contributed by atoms with E-state index < -0.39 is 40.3 Å². The van der Waals surface area contributed by atoms with Crippen LogP contribution < -0.4 is 0 Å². The molecule has 0 aliphatic rings. The summed E-state index contributed by atoms with van der Waals surface area (Å²) in [5.74, 6) is 0. The Bertz CT molecular complexity index is 247. The van der Waals surface area contributed by atoms with Gasteiger partial charge in [-0.05, 0) is 18.3 Å². The molecule has 0 aliphatic heterocycles. The molecule has 0 rings (SSSR count). The van der Waals surface area contributed by atoms with E-state index in [1.807, 2.05) is 0 Å². The zero-order chi connectivity index (χ0) is 12.6. The smallest absolute Gasteiger partial charge is 0.193 e. The van der Waals surface area contributed by atoms with Gasteiger partial charge >= 0.3 is 12.2 Å². The molecule has 0 aromatic heterocycles. The first-order chi connectivity index (χ1) is 6.68. The van der Waals surface area contributed by atoms with E-state index in [4.69, 9.17) is 0 Å². The van der Waals surface area contributed by atoms with E-state index in [2.05, 4.69) is 6.58 Å². The van der Waals surface area contributed by atoms with Gasteiger partial charge in [0.15, 0.2) is 0 Å². The Hall–Kier alpha value is -0.990.